The minimum atomic E-state index is 0.0510. The fourth-order valence-corrected chi connectivity index (χ4v) is 3.24. The van der Waals surface area contributed by atoms with Gasteiger partial charge in [-0.05, 0) is 32.8 Å². The van der Waals surface area contributed by atoms with Crippen LogP contribution in [0.5, 0.6) is 0 Å². The number of piperidine rings is 1. The zero-order valence-corrected chi connectivity index (χ0v) is 14.5. The van der Waals surface area contributed by atoms with Crippen molar-refractivity contribution in [1.82, 2.24) is 25.1 Å². The van der Waals surface area contributed by atoms with Crippen LogP contribution in [0, 0.1) is 13.8 Å². The molecule has 2 aromatic rings. The van der Waals surface area contributed by atoms with E-state index in [0.717, 1.165) is 48.8 Å². The number of amides is 1. The maximum atomic E-state index is 12.4. The fraction of sp³-hybridized carbons (Fsp3) is 0.529. The van der Waals surface area contributed by atoms with Gasteiger partial charge in [0.25, 0.3) is 0 Å². The monoisotopic (exact) mass is 328 g/mol. The SMILES string of the molecule is Cc1nn(C)c(C)c1CC(=O)N[C@H]1CCCN(c2ncccn2)C1. The number of nitrogens with zero attached hydrogens (tertiary/aromatic N) is 5. The lowest BCUT2D eigenvalue weighted by Gasteiger charge is -2.33. The Balaban J connectivity index is 1.60. The number of anilines is 1. The van der Waals surface area contributed by atoms with Gasteiger partial charge in [0.15, 0.2) is 0 Å². The number of rotatable bonds is 4. The highest BCUT2D eigenvalue weighted by Crippen LogP contribution is 2.16. The molecule has 0 radical (unpaired) electrons. The van der Waals surface area contributed by atoms with Crippen molar-refractivity contribution in [3.63, 3.8) is 0 Å². The molecule has 1 aliphatic heterocycles. The molecule has 24 heavy (non-hydrogen) atoms. The van der Waals surface area contributed by atoms with Crippen LogP contribution in [0.2, 0.25) is 0 Å². The molecule has 1 aliphatic rings. The van der Waals surface area contributed by atoms with Gasteiger partial charge in [0.1, 0.15) is 0 Å². The summed E-state index contributed by atoms with van der Waals surface area (Å²) in [5, 5.41) is 7.53. The second kappa shape index (κ2) is 6.98. The number of hydrogen-bond acceptors (Lipinski definition) is 5. The molecule has 7 nitrogen and oxygen atoms in total. The molecule has 0 unspecified atom stereocenters. The van der Waals surface area contributed by atoms with E-state index in [1.54, 1.807) is 12.4 Å². The number of nitrogens with one attached hydrogen (secondary N) is 1. The molecule has 0 bridgehead atoms. The molecule has 2 aromatic heterocycles. The molecule has 0 saturated carbocycles. The predicted molar refractivity (Wildman–Crippen MR) is 91.8 cm³/mol. The second-order valence-electron chi connectivity index (χ2n) is 6.35. The predicted octanol–water partition coefficient (Wildman–Crippen LogP) is 1.15. The normalized spacial score (nSPS) is 17.8. The second-order valence-corrected chi connectivity index (χ2v) is 6.35. The van der Waals surface area contributed by atoms with E-state index in [4.69, 9.17) is 0 Å². The lowest BCUT2D eigenvalue weighted by molar-refractivity contribution is -0.121. The Labute approximate surface area is 142 Å². The highest BCUT2D eigenvalue weighted by Gasteiger charge is 2.23. The summed E-state index contributed by atoms with van der Waals surface area (Å²) in [6, 6.07) is 1.94. The molecular formula is C17H24N6O. The molecule has 1 amide bonds. The molecule has 1 atom stereocenters. The first-order valence-corrected chi connectivity index (χ1v) is 8.35. The van der Waals surface area contributed by atoms with E-state index in [0.29, 0.717) is 6.42 Å². The van der Waals surface area contributed by atoms with Crippen molar-refractivity contribution in [2.45, 2.75) is 39.2 Å². The Kier molecular flexibility index (Phi) is 4.78. The van der Waals surface area contributed by atoms with Crippen LogP contribution in [0.3, 0.4) is 0 Å². The van der Waals surface area contributed by atoms with E-state index in [2.05, 4.69) is 25.3 Å². The molecule has 3 heterocycles. The third-order valence-corrected chi connectivity index (χ3v) is 4.62. The van der Waals surface area contributed by atoms with Gasteiger partial charge in [-0.1, -0.05) is 0 Å². The lowest BCUT2D eigenvalue weighted by Crippen LogP contribution is -2.48. The quantitative estimate of drug-likeness (QED) is 0.911. The van der Waals surface area contributed by atoms with Crippen molar-refractivity contribution in [3.8, 4) is 0 Å². The first-order valence-electron chi connectivity index (χ1n) is 8.35. The van der Waals surface area contributed by atoms with Gasteiger partial charge in [-0.2, -0.15) is 5.10 Å². The van der Waals surface area contributed by atoms with Crippen LogP contribution in [0.4, 0.5) is 5.95 Å². The minimum absolute atomic E-state index is 0.0510. The number of carbonyl (C=O) groups is 1. The molecule has 0 aliphatic carbocycles. The smallest absolute Gasteiger partial charge is 0.225 e. The van der Waals surface area contributed by atoms with E-state index < -0.39 is 0 Å². The van der Waals surface area contributed by atoms with E-state index in [1.807, 2.05) is 31.6 Å². The highest BCUT2D eigenvalue weighted by atomic mass is 16.1. The summed E-state index contributed by atoms with van der Waals surface area (Å²) in [4.78, 5) is 23.2. The zero-order chi connectivity index (χ0) is 17.1. The Bertz CT molecular complexity index is 711. The molecule has 7 heteroatoms. The van der Waals surface area contributed by atoms with Gasteiger partial charge in [0.2, 0.25) is 11.9 Å². The summed E-state index contributed by atoms with van der Waals surface area (Å²) in [5.41, 5.74) is 2.99. The van der Waals surface area contributed by atoms with Crippen LogP contribution in [0.15, 0.2) is 18.5 Å². The molecule has 0 spiro atoms. The van der Waals surface area contributed by atoms with Gasteiger partial charge in [-0.25, -0.2) is 9.97 Å². The van der Waals surface area contributed by atoms with Gasteiger partial charge in [-0.15, -0.1) is 0 Å². The average Bonchev–Trinajstić information content (AvgIpc) is 2.82. The summed E-state index contributed by atoms with van der Waals surface area (Å²) in [5.74, 6) is 0.783. The van der Waals surface area contributed by atoms with E-state index in [1.165, 1.54) is 0 Å². The first-order chi connectivity index (χ1) is 11.5. The van der Waals surface area contributed by atoms with E-state index >= 15 is 0 Å². The van der Waals surface area contributed by atoms with Crippen LogP contribution in [0.25, 0.3) is 0 Å². The summed E-state index contributed by atoms with van der Waals surface area (Å²) < 4.78 is 1.83. The van der Waals surface area contributed by atoms with Gasteiger partial charge in [0, 0.05) is 49.8 Å². The maximum Gasteiger partial charge on any atom is 0.225 e. The number of aromatic nitrogens is 4. The van der Waals surface area contributed by atoms with Crippen molar-refractivity contribution in [3.05, 3.63) is 35.4 Å². The lowest BCUT2D eigenvalue weighted by atomic mass is 10.0. The van der Waals surface area contributed by atoms with Gasteiger partial charge in [0.05, 0.1) is 12.1 Å². The Morgan fingerprint density at radius 1 is 1.33 bits per heavy atom. The van der Waals surface area contributed by atoms with Crippen LogP contribution >= 0.6 is 0 Å². The number of aryl methyl sites for hydroxylation is 2. The van der Waals surface area contributed by atoms with Gasteiger partial charge in [-0.3, -0.25) is 9.48 Å². The molecule has 3 rings (SSSR count). The number of hydrogen-bond donors (Lipinski definition) is 1. The van der Waals surface area contributed by atoms with Crippen molar-refractivity contribution >= 4 is 11.9 Å². The third-order valence-electron chi connectivity index (χ3n) is 4.62. The van der Waals surface area contributed by atoms with Gasteiger partial charge < -0.3 is 10.2 Å². The molecule has 1 fully saturated rings. The van der Waals surface area contributed by atoms with Crippen molar-refractivity contribution in [2.24, 2.45) is 7.05 Å². The van der Waals surface area contributed by atoms with Crippen LogP contribution < -0.4 is 10.2 Å². The Morgan fingerprint density at radius 3 is 2.75 bits per heavy atom. The summed E-state index contributed by atoms with van der Waals surface area (Å²) in [6.45, 7) is 5.63. The average molecular weight is 328 g/mol. The highest BCUT2D eigenvalue weighted by molar-refractivity contribution is 5.79. The molecule has 1 saturated heterocycles. The van der Waals surface area contributed by atoms with Crippen LogP contribution in [-0.2, 0) is 18.3 Å². The third kappa shape index (κ3) is 3.55. The van der Waals surface area contributed by atoms with Crippen LogP contribution in [0.1, 0.15) is 29.8 Å². The fourth-order valence-electron chi connectivity index (χ4n) is 3.24. The van der Waals surface area contributed by atoms with Crippen LogP contribution in [-0.4, -0.2) is 44.8 Å². The topological polar surface area (TPSA) is 75.9 Å². The summed E-state index contributed by atoms with van der Waals surface area (Å²) in [6.07, 6.45) is 5.88. The van der Waals surface area contributed by atoms with Gasteiger partial charge >= 0.3 is 0 Å². The molecule has 128 valence electrons. The van der Waals surface area contributed by atoms with Crippen molar-refractivity contribution in [2.75, 3.05) is 18.0 Å². The minimum Gasteiger partial charge on any atom is -0.351 e. The molecule has 0 aromatic carbocycles. The standard InChI is InChI=1S/C17H24N6O/c1-12-15(13(2)22(3)21-12)10-16(24)20-14-6-4-9-23(11-14)17-18-7-5-8-19-17/h5,7-8,14H,4,6,9-11H2,1-3H3,(H,20,24)/t14-/m0/s1. The maximum absolute atomic E-state index is 12.4. The van der Waals surface area contributed by atoms with Crippen molar-refractivity contribution < 1.29 is 4.79 Å². The molecule has 1 N–H and O–H groups in total. The van der Waals surface area contributed by atoms with E-state index in [9.17, 15) is 4.79 Å². The molecular weight excluding hydrogens is 304 g/mol. The van der Waals surface area contributed by atoms with Crippen molar-refractivity contribution in [1.29, 1.82) is 0 Å². The van der Waals surface area contributed by atoms with E-state index in [-0.39, 0.29) is 11.9 Å². The summed E-state index contributed by atoms with van der Waals surface area (Å²) >= 11 is 0. The number of carbonyl (C=O) groups excluding carboxylic acids is 1. The zero-order valence-electron chi connectivity index (χ0n) is 14.5. The first kappa shape index (κ1) is 16.4. The Morgan fingerprint density at radius 2 is 2.08 bits per heavy atom. The summed E-state index contributed by atoms with van der Waals surface area (Å²) in [7, 11) is 1.91. The largest absolute Gasteiger partial charge is 0.351 e. The Hall–Kier alpha value is -2.44.